The number of benzene rings is 2. The number of hydrogen-bond donors (Lipinski definition) is 0. The van der Waals surface area contributed by atoms with Crippen molar-refractivity contribution in [3.05, 3.63) is 65.7 Å². The second-order valence-electron chi connectivity index (χ2n) is 6.45. The molecule has 3 rings (SSSR count). The first-order valence-electron chi connectivity index (χ1n) is 8.95. The van der Waals surface area contributed by atoms with Gasteiger partial charge in [0.05, 0.1) is 18.2 Å². The van der Waals surface area contributed by atoms with Crippen LogP contribution in [0.1, 0.15) is 17.5 Å². The maximum absolute atomic E-state index is 8.90. The van der Waals surface area contributed by atoms with Crippen LogP contribution in [0.25, 0.3) is 0 Å². The van der Waals surface area contributed by atoms with E-state index in [4.69, 9.17) is 10.00 Å². The Bertz CT molecular complexity index is 688. The fourth-order valence-corrected chi connectivity index (χ4v) is 3.15. The van der Waals surface area contributed by atoms with Crippen molar-refractivity contribution in [2.75, 3.05) is 39.3 Å². The Morgan fingerprint density at radius 3 is 2.44 bits per heavy atom. The van der Waals surface area contributed by atoms with Gasteiger partial charge in [0, 0.05) is 39.3 Å². The highest BCUT2D eigenvalue weighted by atomic mass is 16.5. The van der Waals surface area contributed by atoms with Crippen LogP contribution in [-0.4, -0.2) is 49.1 Å². The second-order valence-corrected chi connectivity index (χ2v) is 6.45. The normalized spacial score (nSPS) is 15.6. The third-order valence-electron chi connectivity index (χ3n) is 4.56. The van der Waals surface area contributed by atoms with Gasteiger partial charge < -0.3 is 9.64 Å². The molecule has 25 heavy (non-hydrogen) atoms. The summed E-state index contributed by atoms with van der Waals surface area (Å²) in [7, 11) is 0. The van der Waals surface area contributed by atoms with Gasteiger partial charge in [-0.25, -0.2) is 0 Å². The highest BCUT2D eigenvalue weighted by Gasteiger charge is 2.16. The summed E-state index contributed by atoms with van der Waals surface area (Å²) in [5, 5.41) is 8.90. The molecule has 1 aliphatic rings. The van der Waals surface area contributed by atoms with Crippen molar-refractivity contribution in [3.63, 3.8) is 0 Å². The molecule has 0 saturated carbocycles. The van der Waals surface area contributed by atoms with Crippen LogP contribution in [0.2, 0.25) is 0 Å². The lowest BCUT2D eigenvalue weighted by atomic mass is 10.2. The van der Waals surface area contributed by atoms with Crippen molar-refractivity contribution >= 4 is 0 Å². The lowest BCUT2D eigenvalue weighted by molar-refractivity contribution is 0.121. The lowest BCUT2D eigenvalue weighted by Gasteiger charge is -2.34. The number of nitrogens with zero attached hydrogens (tertiary/aromatic N) is 3. The van der Waals surface area contributed by atoms with Crippen LogP contribution in [0.4, 0.5) is 0 Å². The van der Waals surface area contributed by atoms with Crippen LogP contribution < -0.4 is 4.74 Å². The van der Waals surface area contributed by atoms with E-state index in [0.29, 0.717) is 12.2 Å². The molecule has 4 heteroatoms. The molecule has 0 atom stereocenters. The van der Waals surface area contributed by atoms with Crippen molar-refractivity contribution < 1.29 is 4.74 Å². The Hall–Kier alpha value is -2.35. The first-order valence-corrected chi connectivity index (χ1v) is 8.95. The predicted octanol–water partition coefficient (Wildman–Crippen LogP) is 3.14. The average molecular weight is 335 g/mol. The molecule has 1 heterocycles. The van der Waals surface area contributed by atoms with Crippen molar-refractivity contribution in [3.8, 4) is 11.8 Å². The minimum absolute atomic E-state index is 0.645. The van der Waals surface area contributed by atoms with E-state index >= 15 is 0 Å². The molecule has 1 aliphatic heterocycles. The third-order valence-corrected chi connectivity index (χ3v) is 4.56. The van der Waals surface area contributed by atoms with E-state index in [9.17, 15) is 0 Å². The molecule has 0 radical (unpaired) electrons. The summed E-state index contributed by atoms with van der Waals surface area (Å²) in [5.41, 5.74) is 2.04. The number of hydrogen-bond acceptors (Lipinski definition) is 4. The summed E-state index contributed by atoms with van der Waals surface area (Å²) < 4.78 is 5.75. The van der Waals surface area contributed by atoms with Crippen LogP contribution in [0.3, 0.4) is 0 Å². The molecule has 2 aromatic rings. The molecule has 0 aliphatic carbocycles. The molecule has 0 amide bonds. The van der Waals surface area contributed by atoms with E-state index < -0.39 is 0 Å². The number of rotatable bonds is 7. The van der Waals surface area contributed by atoms with Crippen LogP contribution >= 0.6 is 0 Å². The number of nitriles is 1. The zero-order valence-electron chi connectivity index (χ0n) is 14.6. The van der Waals surface area contributed by atoms with Gasteiger partial charge in [0.1, 0.15) is 5.75 Å². The maximum Gasteiger partial charge on any atom is 0.120 e. The largest absolute Gasteiger partial charge is 0.494 e. The van der Waals surface area contributed by atoms with Crippen molar-refractivity contribution in [2.45, 2.75) is 13.0 Å². The van der Waals surface area contributed by atoms with E-state index in [2.05, 4.69) is 46.2 Å². The highest BCUT2D eigenvalue weighted by Crippen LogP contribution is 2.13. The second kappa shape index (κ2) is 9.22. The van der Waals surface area contributed by atoms with Crippen molar-refractivity contribution in [1.29, 1.82) is 5.26 Å². The van der Waals surface area contributed by atoms with Gasteiger partial charge in [0.25, 0.3) is 0 Å². The van der Waals surface area contributed by atoms with Gasteiger partial charge >= 0.3 is 0 Å². The molecule has 0 bridgehead atoms. The van der Waals surface area contributed by atoms with E-state index in [1.807, 2.05) is 12.1 Å². The van der Waals surface area contributed by atoms with Crippen LogP contribution in [-0.2, 0) is 6.54 Å². The fraction of sp³-hybridized carbons (Fsp3) is 0.381. The third kappa shape index (κ3) is 5.60. The quantitative estimate of drug-likeness (QED) is 0.729. The van der Waals surface area contributed by atoms with Gasteiger partial charge in [0.2, 0.25) is 0 Å². The van der Waals surface area contributed by atoms with Gasteiger partial charge in [-0.3, -0.25) is 4.90 Å². The zero-order chi connectivity index (χ0) is 17.3. The summed E-state index contributed by atoms with van der Waals surface area (Å²) in [5.74, 6) is 0.784. The minimum Gasteiger partial charge on any atom is -0.494 e. The Morgan fingerprint density at radius 2 is 1.68 bits per heavy atom. The minimum atomic E-state index is 0.645. The molecule has 0 aromatic heterocycles. The molecule has 2 aromatic carbocycles. The van der Waals surface area contributed by atoms with E-state index in [0.717, 1.165) is 51.4 Å². The number of ether oxygens (including phenoxy) is 1. The molecule has 0 N–H and O–H groups in total. The summed E-state index contributed by atoms with van der Waals surface area (Å²) >= 11 is 0. The summed E-state index contributed by atoms with van der Waals surface area (Å²) in [6, 6.07) is 20.2. The van der Waals surface area contributed by atoms with E-state index in [1.165, 1.54) is 5.56 Å². The Kier molecular flexibility index (Phi) is 6.44. The molecule has 4 nitrogen and oxygen atoms in total. The van der Waals surface area contributed by atoms with Crippen molar-refractivity contribution in [2.24, 2.45) is 0 Å². The Balaban J connectivity index is 1.32. The Morgan fingerprint density at radius 1 is 0.920 bits per heavy atom. The lowest BCUT2D eigenvalue weighted by Crippen LogP contribution is -2.46. The smallest absolute Gasteiger partial charge is 0.120 e. The summed E-state index contributed by atoms with van der Waals surface area (Å²) in [6.07, 6.45) is 1.01. The molecule has 0 unspecified atom stereocenters. The fourth-order valence-electron chi connectivity index (χ4n) is 3.15. The first kappa shape index (κ1) is 17.5. The molecule has 0 spiro atoms. The average Bonchev–Trinajstić information content (AvgIpc) is 2.67. The molecular formula is C21H25N3O. The Labute approximate surface area is 150 Å². The van der Waals surface area contributed by atoms with Gasteiger partial charge in [-0.05, 0) is 30.2 Å². The first-order chi connectivity index (χ1) is 12.3. The van der Waals surface area contributed by atoms with E-state index in [1.54, 1.807) is 12.1 Å². The van der Waals surface area contributed by atoms with Crippen LogP contribution in [0, 0.1) is 11.3 Å². The van der Waals surface area contributed by atoms with Gasteiger partial charge in [0.15, 0.2) is 0 Å². The monoisotopic (exact) mass is 335 g/mol. The maximum atomic E-state index is 8.90. The zero-order valence-corrected chi connectivity index (χ0v) is 14.6. The van der Waals surface area contributed by atoms with Crippen LogP contribution in [0.15, 0.2) is 54.6 Å². The van der Waals surface area contributed by atoms with Gasteiger partial charge in [-0.1, -0.05) is 36.4 Å². The van der Waals surface area contributed by atoms with Crippen LogP contribution in [0.5, 0.6) is 5.75 Å². The highest BCUT2D eigenvalue weighted by molar-refractivity contribution is 5.36. The summed E-state index contributed by atoms with van der Waals surface area (Å²) in [6.45, 7) is 7.30. The molecular weight excluding hydrogens is 310 g/mol. The molecule has 130 valence electrons. The van der Waals surface area contributed by atoms with Gasteiger partial charge in [-0.15, -0.1) is 0 Å². The number of piperazine rings is 1. The molecule has 1 fully saturated rings. The summed E-state index contributed by atoms with van der Waals surface area (Å²) in [4.78, 5) is 5.03. The van der Waals surface area contributed by atoms with E-state index in [-0.39, 0.29) is 0 Å². The predicted molar refractivity (Wildman–Crippen MR) is 99.4 cm³/mol. The SMILES string of the molecule is N#Cc1cccc(OCCCN2CCN(Cc3ccccc3)CC2)c1. The topological polar surface area (TPSA) is 39.5 Å². The standard InChI is InChI=1S/C21H25N3O/c22-17-20-8-4-9-21(16-20)25-15-5-10-23-11-13-24(14-12-23)18-19-6-2-1-3-7-19/h1-4,6-9,16H,5,10-15,18H2. The van der Waals surface area contributed by atoms with Crippen molar-refractivity contribution in [1.82, 2.24) is 9.80 Å². The van der Waals surface area contributed by atoms with Gasteiger partial charge in [-0.2, -0.15) is 5.26 Å². The molecule has 1 saturated heterocycles.